The maximum absolute atomic E-state index is 12.9. The van der Waals surface area contributed by atoms with Gasteiger partial charge in [0.05, 0.1) is 21.2 Å². The molecule has 3 aromatic rings. The molecule has 0 saturated heterocycles. The maximum atomic E-state index is 12.9. The van der Waals surface area contributed by atoms with E-state index in [4.69, 9.17) is 11.6 Å². The Hall–Kier alpha value is -2.07. The highest BCUT2D eigenvalue weighted by molar-refractivity contribution is 8.00. The summed E-state index contributed by atoms with van der Waals surface area (Å²) >= 11 is 7.32. The summed E-state index contributed by atoms with van der Waals surface area (Å²) in [4.78, 5) is 17.5. The molecule has 7 nitrogen and oxygen atoms in total. The predicted octanol–water partition coefficient (Wildman–Crippen LogP) is 4.86. The van der Waals surface area contributed by atoms with Crippen molar-refractivity contribution in [3.63, 3.8) is 0 Å². The van der Waals surface area contributed by atoms with Crippen molar-refractivity contribution in [1.82, 2.24) is 13.9 Å². The lowest BCUT2D eigenvalue weighted by Crippen LogP contribution is -2.30. The molecule has 10 heteroatoms. The molecule has 1 atom stereocenters. The Morgan fingerprint density at radius 2 is 1.91 bits per heavy atom. The van der Waals surface area contributed by atoms with Gasteiger partial charge in [0.2, 0.25) is 15.9 Å². The van der Waals surface area contributed by atoms with Crippen molar-refractivity contribution in [1.29, 1.82) is 0 Å². The summed E-state index contributed by atoms with van der Waals surface area (Å²) in [6.07, 6.45) is 0. The number of nitrogens with one attached hydrogen (secondary N) is 1. The molecule has 0 spiro atoms. The number of benzene rings is 2. The lowest BCUT2D eigenvalue weighted by molar-refractivity contribution is -0.115. The Bertz CT molecular complexity index is 1220. The molecular formula is C22H27ClN4O3S2. The summed E-state index contributed by atoms with van der Waals surface area (Å²) in [6.45, 7) is 8.87. The van der Waals surface area contributed by atoms with Crippen LogP contribution < -0.4 is 5.32 Å². The number of thioether (sulfide) groups is 1. The third kappa shape index (κ3) is 5.11. The van der Waals surface area contributed by atoms with Gasteiger partial charge in [-0.1, -0.05) is 43.3 Å². The molecule has 1 heterocycles. The van der Waals surface area contributed by atoms with E-state index < -0.39 is 15.3 Å². The number of carbonyl (C=O) groups is 1. The number of amides is 1. The van der Waals surface area contributed by atoms with Crippen molar-refractivity contribution in [2.75, 3.05) is 18.4 Å². The lowest BCUT2D eigenvalue weighted by Gasteiger charge is -2.18. The normalized spacial score (nSPS) is 12.9. The van der Waals surface area contributed by atoms with Crippen LogP contribution in [0, 0.1) is 0 Å². The Morgan fingerprint density at radius 1 is 1.19 bits per heavy atom. The van der Waals surface area contributed by atoms with Crippen LogP contribution >= 0.6 is 23.4 Å². The van der Waals surface area contributed by atoms with E-state index in [0.29, 0.717) is 41.0 Å². The summed E-state index contributed by atoms with van der Waals surface area (Å²) in [7, 11) is -3.58. The molecule has 3 rings (SSSR count). The number of fused-ring (bicyclic) bond motifs is 1. The SMILES string of the molecule is CCN(CC)S(=O)(=O)c1ccc2c(c1)nc(SC(C)C(=O)Nc1cccc(Cl)c1)n2CC. The fourth-order valence-electron chi connectivity index (χ4n) is 3.38. The Balaban J connectivity index is 1.87. The molecule has 0 bridgehead atoms. The molecule has 0 saturated carbocycles. The molecule has 0 fully saturated rings. The Labute approximate surface area is 198 Å². The van der Waals surface area contributed by atoms with Gasteiger partial charge < -0.3 is 9.88 Å². The predicted molar refractivity (Wildman–Crippen MR) is 131 cm³/mol. The van der Waals surface area contributed by atoms with Crippen LogP contribution in [0.4, 0.5) is 5.69 Å². The van der Waals surface area contributed by atoms with Crippen LogP contribution in [0.1, 0.15) is 27.7 Å². The van der Waals surface area contributed by atoms with E-state index in [-0.39, 0.29) is 10.8 Å². The fourth-order valence-corrected chi connectivity index (χ4v) is 6.03. The zero-order valence-corrected chi connectivity index (χ0v) is 20.9. The van der Waals surface area contributed by atoms with Gasteiger partial charge in [-0.3, -0.25) is 4.79 Å². The highest BCUT2D eigenvalue weighted by Gasteiger charge is 2.24. The second-order valence-corrected chi connectivity index (χ2v) is 10.8. The standard InChI is InChI=1S/C22H27ClN4O3S2/c1-5-26(6-2)32(29,30)18-11-12-20-19(14-18)25-22(27(20)7-3)31-15(4)21(28)24-17-10-8-9-16(23)13-17/h8-15H,5-7H2,1-4H3,(H,24,28). The van der Waals surface area contributed by atoms with Crippen LogP contribution in [0.5, 0.6) is 0 Å². The summed E-state index contributed by atoms with van der Waals surface area (Å²) in [5, 5.41) is 3.65. The first-order valence-corrected chi connectivity index (χ1v) is 13.1. The van der Waals surface area contributed by atoms with Gasteiger partial charge in [0.15, 0.2) is 5.16 Å². The number of aromatic nitrogens is 2. The summed E-state index contributed by atoms with van der Waals surface area (Å²) in [5.74, 6) is -0.170. The minimum absolute atomic E-state index is 0.170. The number of imidazole rings is 1. The van der Waals surface area contributed by atoms with Crippen molar-refractivity contribution in [3.8, 4) is 0 Å². The molecule has 0 aliphatic heterocycles. The van der Waals surface area contributed by atoms with E-state index in [9.17, 15) is 13.2 Å². The van der Waals surface area contributed by atoms with E-state index in [2.05, 4.69) is 10.3 Å². The smallest absolute Gasteiger partial charge is 0.243 e. The van der Waals surface area contributed by atoms with Gasteiger partial charge in [0, 0.05) is 30.3 Å². The number of anilines is 1. The highest BCUT2D eigenvalue weighted by atomic mass is 35.5. The van der Waals surface area contributed by atoms with E-state index in [1.165, 1.54) is 16.1 Å². The van der Waals surface area contributed by atoms with Crippen LogP contribution in [-0.4, -0.2) is 46.5 Å². The fraction of sp³-hybridized carbons (Fsp3) is 0.364. The molecule has 0 aliphatic rings. The Kier molecular flexibility index (Phi) is 7.87. The molecule has 0 aliphatic carbocycles. The van der Waals surface area contributed by atoms with E-state index in [1.807, 2.05) is 25.3 Å². The van der Waals surface area contributed by atoms with E-state index >= 15 is 0 Å². The van der Waals surface area contributed by atoms with Gasteiger partial charge in [-0.2, -0.15) is 4.31 Å². The molecule has 1 amide bonds. The van der Waals surface area contributed by atoms with Gasteiger partial charge in [-0.25, -0.2) is 13.4 Å². The third-order valence-electron chi connectivity index (χ3n) is 5.09. The van der Waals surface area contributed by atoms with Crippen LogP contribution in [0.2, 0.25) is 5.02 Å². The van der Waals surface area contributed by atoms with Gasteiger partial charge in [-0.05, 0) is 50.2 Å². The quantitative estimate of drug-likeness (QED) is 0.429. The average molecular weight is 495 g/mol. The summed E-state index contributed by atoms with van der Waals surface area (Å²) < 4.78 is 29.2. The van der Waals surface area contributed by atoms with Crippen LogP contribution in [-0.2, 0) is 21.4 Å². The van der Waals surface area contributed by atoms with E-state index in [1.54, 1.807) is 49.4 Å². The number of halogens is 1. The zero-order chi connectivity index (χ0) is 23.5. The number of hydrogen-bond donors (Lipinski definition) is 1. The van der Waals surface area contributed by atoms with Crippen LogP contribution in [0.15, 0.2) is 52.5 Å². The van der Waals surface area contributed by atoms with E-state index in [0.717, 1.165) is 5.52 Å². The minimum atomic E-state index is -3.58. The molecule has 172 valence electrons. The van der Waals surface area contributed by atoms with Crippen molar-refractivity contribution >= 4 is 56.0 Å². The van der Waals surface area contributed by atoms with Gasteiger partial charge in [-0.15, -0.1) is 0 Å². The molecule has 0 radical (unpaired) electrons. The second-order valence-electron chi connectivity index (χ2n) is 7.14. The van der Waals surface area contributed by atoms with Crippen LogP contribution in [0.3, 0.4) is 0 Å². The van der Waals surface area contributed by atoms with Crippen LogP contribution in [0.25, 0.3) is 11.0 Å². The first-order valence-electron chi connectivity index (χ1n) is 10.4. The maximum Gasteiger partial charge on any atom is 0.243 e. The van der Waals surface area contributed by atoms with Gasteiger partial charge >= 0.3 is 0 Å². The zero-order valence-electron chi connectivity index (χ0n) is 18.5. The Morgan fingerprint density at radius 3 is 2.53 bits per heavy atom. The number of carbonyl (C=O) groups excluding carboxylic acids is 1. The van der Waals surface area contributed by atoms with Crippen molar-refractivity contribution < 1.29 is 13.2 Å². The second kappa shape index (κ2) is 10.2. The van der Waals surface area contributed by atoms with Crippen molar-refractivity contribution in [2.45, 2.75) is 49.5 Å². The molecule has 1 unspecified atom stereocenters. The topological polar surface area (TPSA) is 84.3 Å². The first-order chi connectivity index (χ1) is 15.2. The number of hydrogen-bond acceptors (Lipinski definition) is 5. The molecular weight excluding hydrogens is 468 g/mol. The summed E-state index contributed by atoms with van der Waals surface area (Å²) in [6, 6.07) is 12.0. The number of aryl methyl sites for hydroxylation is 1. The van der Waals surface area contributed by atoms with Gasteiger partial charge in [0.1, 0.15) is 0 Å². The average Bonchev–Trinajstić information content (AvgIpc) is 3.10. The van der Waals surface area contributed by atoms with Crippen molar-refractivity contribution in [2.24, 2.45) is 0 Å². The lowest BCUT2D eigenvalue weighted by atomic mass is 10.3. The molecule has 1 N–H and O–H groups in total. The minimum Gasteiger partial charge on any atom is -0.325 e. The largest absolute Gasteiger partial charge is 0.325 e. The molecule has 32 heavy (non-hydrogen) atoms. The molecule has 1 aromatic heterocycles. The number of rotatable bonds is 9. The first kappa shape index (κ1) is 24.6. The summed E-state index contributed by atoms with van der Waals surface area (Å²) in [5.41, 5.74) is 2.05. The third-order valence-corrected chi connectivity index (χ3v) is 8.46. The number of nitrogens with zero attached hydrogens (tertiary/aromatic N) is 3. The van der Waals surface area contributed by atoms with Crippen molar-refractivity contribution in [3.05, 3.63) is 47.5 Å². The number of sulfonamides is 1. The van der Waals surface area contributed by atoms with Gasteiger partial charge in [0.25, 0.3) is 0 Å². The molecule has 2 aromatic carbocycles. The highest BCUT2D eigenvalue weighted by Crippen LogP contribution is 2.30. The monoisotopic (exact) mass is 494 g/mol.